The molecule has 0 aliphatic carbocycles. The molecular weight excluding hydrogens is 372 g/mol. The number of amides is 1. The lowest BCUT2D eigenvalue weighted by Gasteiger charge is -2.25. The Bertz CT molecular complexity index is 1320. The molecule has 0 spiro atoms. The van der Waals surface area contributed by atoms with Gasteiger partial charge in [-0.25, -0.2) is 4.99 Å². The van der Waals surface area contributed by atoms with Crippen LogP contribution in [0.3, 0.4) is 0 Å². The molecule has 2 aliphatic heterocycles. The van der Waals surface area contributed by atoms with E-state index in [-0.39, 0.29) is 11.5 Å². The summed E-state index contributed by atoms with van der Waals surface area (Å²) < 4.78 is 2.10. The maximum atomic E-state index is 13.2. The van der Waals surface area contributed by atoms with Crippen molar-refractivity contribution >= 4 is 34.2 Å². The molecule has 5 rings (SSSR count). The van der Waals surface area contributed by atoms with Crippen LogP contribution in [-0.2, 0) is 11.5 Å². The number of hydrogen-bond acceptors (Lipinski definition) is 5. The summed E-state index contributed by atoms with van der Waals surface area (Å²) in [5.74, 6) is -0.229. The fourth-order valence-electron chi connectivity index (χ4n) is 3.66. The van der Waals surface area contributed by atoms with Gasteiger partial charge in [0.1, 0.15) is 17.9 Å². The molecule has 0 fully saturated rings. The van der Waals surface area contributed by atoms with E-state index < -0.39 is 0 Å². The topological polar surface area (TPSA) is 66.7 Å². The highest BCUT2D eigenvalue weighted by Crippen LogP contribution is 2.30. The molecule has 28 heavy (non-hydrogen) atoms. The van der Waals surface area contributed by atoms with Crippen molar-refractivity contribution in [2.45, 2.75) is 20.5 Å². The third-order valence-corrected chi connectivity index (χ3v) is 6.18. The lowest BCUT2D eigenvalue weighted by atomic mass is 10.1. The zero-order valence-electron chi connectivity index (χ0n) is 15.5. The van der Waals surface area contributed by atoms with Gasteiger partial charge in [-0.3, -0.25) is 14.2 Å². The first-order valence-electron chi connectivity index (χ1n) is 9.04. The predicted molar refractivity (Wildman–Crippen MR) is 110 cm³/mol. The number of nitrogens with zero attached hydrogens (tertiary/aromatic N) is 3. The summed E-state index contributed by atoms with van der Waals surface area (Å²) in [5, 5.41) is 2.86. The van der Waals surface area contributed by atoms with Crippen molar-refractivity contribution in [3.05, 3.63) is 78.8 Å². The summed E-state index contributed by atoms with van der Waals surface area (Å²) in [6, 6.07) is 13.9. The number of nitrogens with one attached hydrogen (secondary N) is 1. The van der Waals surface area contributed by atoms with Gasteiger partial charge in [0.05, 0.1) is 5.57 Å². The average Bonchev–Trinajstić information content (AvgIpc) is 3.17. The molecule has 7 heteroatoms. The van der Waals surface area contributed by atoms with Crippen LogP contribution in [0.5, 0.6) is 0 Å². The van der Waals surface area contributed by atoms with E-state index in [4.69, 9.17) is 0 Å². The molecule has 2 aliphatic rings. The first-order valence-corrected chi connectivity index (χ1v) is 9.85. The van der Waals surface area contributed by atoms with Crippen LogP contribution in [0, 0.1) is 13.8 Å². The normalized spacial score (nSPS) is 17.1. The number of carbonyl (C=O) groups excluding carboxylic acids is 1. The number of aryl methyl sites for hydroxylation is 2. The molecule has 140 valence electrons. The van der Waals surface area contributed by atoms with E-state index in [9.17, 15) is 9.59 Å². The second-order valence-electron chi connectivity index (χ2n) is 7.14. The van der Waals surface area contributed by atoms with Crippen LogP contribution in [0.2, 0.25) is 0 Å². The van der Waals surface area contributed by atoms with Crippen LogP contribution >= 0.6 is 11.3 Å². The lowest BCUT2D eigenvalue weighted by molar-refractivity contribution is -0.110. The molecule has 1 aromatic heterocycles. The number of benzene rings is 2. The van der Waals surface area contributed by atoms with Gasteiger partial charge in [0.2, 0.25) is 0 Å². The fraction of sp³-hybridized carbons (Fsp3) is 0.190. The van der Waals surface area contributed by atoms with Gasteiger partial charge in [0, 0.05) is 16.9 Å². The molecule has 0 radical (unpaired) electrons. The van der Waals surface area contributed by atoms with E-state index in [2.05, 4.69) is 21.3 Å². The Morgan fingerprint density at radius 1 is 1.07 bits per heavy atom. The monoisotopic (exact) mass is 390 g/mol. The van der Waals surface area contributed by atoms with Crippen molar-refractivity contribution < 1.29 is 4.79 Å². The van der Waals surface area contributed by atoms with E-state index in [0.717, 1.165) is 28.1 Å². The number of aromatic nitrogens is 1. The minimum absolute atomic E-state index is 0.166. The molecular formula is C21H18N4O2S. The van der Waals surface area contributed by atoms with E-state index >= 15 is 0 Å². The van der Waals surface area contributed by atoms with Gasteiger partial charge in [0.25, 0.3) is 11.5 Å². The van der Waals surface area contributed by atoms with Crippen molar-refractivity contribution in [3.8, 4) is 0 Å². The van der Waals surface area contributed by atoms with Crippen LogP contribution in [-0.4, -0.2) is 17.1 Å². The lowest BCUT2D eigenvalue weighted by Crippen LogP contribution is -2.43. The zero-order valence-corrected chi connectivity index (χ0v) is 16.3. The number of rotatable bonds is 1. The Hall–Kier alpha value is -3.19. The Labute approximate surface area is 165 Å². The van der Waals surface area contributed by atoms with Gasteiger partial charge in [-0.2, -0.15) is 0 Å². The van der Waals surface area contributed by atoms with Gasteiger partial charge >= 0.3 is 0 Å². The van der Waals surface area contributed by atoms with Gasteiger partial charge in [0.15, 0.2) is 4.80 Å². The number of carbonyl (C=O) groups is 1. The second-order valence-corrected chi connectivity index (χ2v) is 8.12. The van der Waals surface area contributed by atoms with E-state index in [0.29, 0.717) is 28.2 Å². The summed E-state index contributed by atoms with van der Waals surface area (Å²) in [5.41, 5.74) is 5.06. The van der Waals surface area contributed by atoms with Crippen molar-refractivity contribution in [2.24, 2.45) is 4.99 Å². The highest BCUT2D eigenvalue weighted by Gasteiger charge is 2.28. The quantitative estimate of drug-likeness (QED) is 0.688. The van der Waals surface area contributed by atoms with Crippen LogP contribution in [0.4, 0.5) is 11.4 Å². The molecule has 1 N–H and O–H groups in total. The molecule has 3 heterocycles. The van der Waals surface area contributed by atoms with E-state index in [1.807, 2.05) is 50.2 Å². The number of fused-ring (bicyclic) bond motifs is 2. The van der Waals surface area contributed by atoms with Crippen LogP contribution < -0.4 is 25.1 Å². The van der Waals surface area contributed by atoms with Crippen molar-refractivity contribution in [1.29, 1.82) is 0 Å². The largest absolute Gasteiger partial charge is 0.334 e. The van der Waals surface area contributed by atoms with Crippen LogP contribution in [0.25, 0.3) is 5.57 Å². The maximum absolute atomic E-state index is 13.2. The molecule has 3 aromatic rings. The molecule has 0 unspecified atom stereocenters. The second kappa shape index (κ2) is 6.17. The SMILES string of the molecule is Cc1cccc(N2CN=c3s/c(=C4\C(=O)Nc5ccc(C)cc54)c(=O)n3C2)c1. The summed E-state index contributed by atoms with van der Waals surface area (Å²) in [4.78, 5) is 33.1. The van der Waals surface area contributed by atoms with Crippen molar-refractivity contribution in [2.75, 3.05) is 16.9 Å². The van der Waals surface area contributed by atoms with Crippen molar-refractivity contribution in [1.82, 2.24) is 4.57 Å². The molecule has 1 amide bonds. The minimum Gasteiger partial charge on any atom is -0.334 e. The first kappa shape index (κ1) is 16.9. The average molecular weight is 390 g/mol. The van der Waals surface area contributed by atoms with E-state index in [1.165, 1.54) is 11.3 Å². The fourth-order valence-corrected chi connectivity index (χ4v) is 4.71. The highest BCUT2D eigenvalue weighted by atomic mass is 32.1. The summed E-state index contributed by atoms with van der Waals surface area (Å²) in [7, 11) is 0. The van der Waals surface area contributed by atoms with Crippen LogP contribution in [0.1, 0.15) is 16.7 Å². The van der Waals surface area contributed by atoms with E-state index in [1.54, 1.807) is 4.57 Å². The van der Waals surface area contributed by atoms with Crippen LogP contribution in [0.15, 0.2) is 52.3 Å². The molecule has 2 aromatic carbocycles. The predicted octanol–water partition coefficient (Wildman–Crippen LogP) is 1.73. The van der Waals surface area contributed by atoms with Gasteiger partial charge in [-0.05, 0) is 43.7 Å². The minimum atomic E-state index is -0.229. The number of anilines is 2. The van der Waals surface area contributed by atoms with Crippen molar-refractivity contribution in [3.63, 3.8) is 0 Å². The number of thiazole rings is 1. The maximum Gasteiger partial charge on any atom is 0.272 e. The Balaban J connectivity index is 1.66. The smallest absolute Gasteiger partial charge is 0.272 e. The molecule has 0 bridgehead atoms. The summed E-state index contributed by atoms with van der Waals surface area (Å²) >= 11 is 1.29. The first-order chi connectivity index (χ1) is 13.5. The summed E-state index contributed by atoms with van der Waals surface area (Å²) in [6.07, 6.45) is 0. The molecule has 0 saturated heterocycles. The van der Waals surface area contributed by atoms with Gasteiger partial charge < -0.3 is 10.2 Å². The summed E-state index contributed by atoms with van der Waals surface area (Å²) in [6.45, 7) is 4.93. The Kier molecular flexibility index (Phi) is 3.73. The molecule has 0 atom stereocenters. The standard InChI is InChI=1S/C21H18N4O2S/c1-12-4-3-5-14(8-12)24-10-22-21-25(11-24)20(27)18(28-21)17-15-9-13(2)6-7-16(15)23-19(17)26/h3-9H,10-11H2,1-2H3,(H,23,26)/b18-17-. The zero-order chi connectivity index (χ0) is 19.4. The third kappa shape index (κ3) is 2.58. The Morgan fingerprint density at radius 3 is 2.71 bits per heavy atom. The molecule has 0 saturated carbocycles. The highest BCUT2D eigenvalue weighted by molar-refractivity contribution is 7.07. The number of hydrogen-bond donors (Lipinski definition) is 1. The molecule has 6 nitrogen and oxygen atoms in total. The van der Waals surface area contributed by atoms with Gasteiger partial charge in [-0.1, -0.05) is 35.1 Å². The third-order valence-electron chi connectivity index (χ3n) is 5.07. The Morgan fingerprint density at radius 2 is 1.89 bits per heavy atom. The van der Waals surface area contributed by atoms with Gasteiger partial charge in [-0.15, -0.1) is 0 Å².